The lowest BCUT2D eigenvalue weighted by atomic mass is 10.0. The SMILES string of the molecule is CCc1ccc(C(C(N)=S)N2CCCCCC2)cc1. The third-order valence-electron chi connectivity index (χ3n) is 3.98. The number of rotatable bonds is 4. The molecule has 3 heteroatoms. The van der Waals surface area contributed by atoms with Crippen molar-refractivity contribution in [1.29, 1.82) is 0 Å². The summed E-state index contributed by atoms with van der Waals surface area (Å²) in [7, 11) is 0. The second kappa shape index (κ2) is 7.01. The van der Waals surface area contributed by atoms with Crippen molar-refractivity contribution in [3.8, 4) is 0 Å². The van der Waals surface area contributed by atoms with Gasteiger partial charge in [-0.15, -0.1) is 0 Å². The van der Waals surface area contributed by atoms with Gasteiger partial charge in [-0.1, -0.05) is 56.2 Å². The number of nitrogens with two attached hydrogens (primary N) is 1. The van der Waals surface area contributed by atoms with E-state index in [1.54, 1.807) is 0 Å². The molecule has 2 nitrogen and oxygen atoms in total. The number of aryl methyl sites for hydroxylation is 1. The fraction of sp³-hybridized carbons (Fsp3) is 0.562. The lowest BCUT2D eigenvalue weighted by Crippen LogP contribution is -2.37. The summed E-state index contributed by atoms with van der Waals surface area (Å²) in [5, 5.41) is 0. The number of nitrogens with zero attached hydrogens (tertiary/aromatic N) is 1. The largest absolute Gasteiger partial charge is 0.392 e. The Kier molecular flexibility index (Phi) is 5.34. The minimum Gasteiger partial charge on any atom is -0.392 e. The summed E-state index contributed by atoms with van der Waals surface area (Å²) in [6, 6.07) is 8.87. The van der Waals surface area contributed by atoms with Crippen molar-refractivity contribution in [1.82, 2.24) is 4.90 Å². The van der Waals surface area contributed by atoms with E-state index in [9.17, 15) is 0 Å². The highest BCUT2D eigenvalue weighted by molar-refractivity contribution is 7.80. The summed E-state index contributed by atoms with van der Waals surface area (Å²) in [6.45, 7) is 4.39. The van der Waals surface area contributed by atoms with E-state index in [2.05, 4.69) is 36.1 Å². The molecule has 1 aromatic rings. The van der Waals surface area contributed by atoms with Gasteiger partial charge in [0.2, 0.25) is 0 Å². The summed E-state index contributed by atoms with van der Waals surface area (Å²) in [6.07, 6.45) is 6.24. The van der Waals surface area contributed by atoms with Crippen molar-refractivity contribution in [3.63, 3.8) is 0 Å². The van der Waals surface area contributed by atoms with Crippen molar-refractivity contribution in [2.75, 3.05) is 13.1 Å². The molecule has 1 fully saturated rings. The average molecular weight is 276 g/mol. The maximum Gasteiger partial charge on any atom is 0.0948 e. The van der Waals surface area contributed by atoms with Crippen molar-refractivity contribution >= 4 is 17.2 Å². The smallest absolute Gasteiger partial charge is 0.0948 e. The molecule has 2 N–H and O–H groups in total. The van der Waals surface area contributed by atoms with Gasteiger partial charge < -0.3 is 5.73 Å². The summed E-state index contributed by atoms with van der Waals surface area (Å²) in [5.74, 6) is 0. The summed E-state index contributed by atoms with van der Waals surface area (Å²) in [4.78, 5) is 3.06. The zero-order chi connectivity index (χ0) is 13.7. The number of hydrogen-bond donors (Lipinski definition) is 1. The van der Waals surface area contributed by atoms with E-state index < -0.39 is 0 Å². The second-order valence-electron chi connectivity index (χ2n) is 5.35. The molecular formula is C16H24N2S. The van der Waals surface area contributed by atoms with Gasteiger partial charge >= 0.3 is 0 Å². The fourth-order valence-corrected chi connectivity index (χ4v) is 3.13. The van der Waals surface area contributed by atoms with Crippen LogP contribution < -0.4 is 5.73 Å². The van der Waals surface area contributed by atoms with Gasteiger partial charge in [-0.05, 0) is 43.5 Å². The highest BCUT2D eigenvalue weighted by Gasteiger charge is 2.23. The second-order valence-corrected chi connectivity index (χ2v) is 5.82. The van der Waals surface area contributed by atoms with Crippen LogP contribution in [0.2, 0.25) is 0 Å². The molecule has 1 aliphatic rings. The van der Waals surface area contributed by atoms with E-state index >= 15 is 0 Å². The summed E-state index contributed by atoms with van der Waals surface area (Å²) in [5.41, 5.74) is 8.62. The van der Waals surface area contributed by atoms with Crippen LogP contribution in [0.1, 0.15) is 49.8 Å². The first-order chi connectivity index (χ1) is 9.22. The van der Waals surface area contributed by atoms with Crippen LogP contribution in [-0.2, 0) is 6.42 Å². The van der Waals surface area contributed by atoms with E-state index in [-0.39, 0.29) is 6.04 Å². The number of benzene rings is 1. The van der Waals surface area contributed by atoms with E-state index in [0.717, 1.165) is 19.5 Å². The zero-order valence-corrected chi connectivity index (χ0v) is 12.6. The third-order valence-corrected chi connectivity index (χ3v) is 4.20. The van der Waals surface area contributed by atoms with Gasteiger partial charge in [0.25, 0.3) is 0 Å². The van der Waals surface area contributed by atoms with Crippen LogP contribution in [0, 0.1) is 0 Å². The first kappa shape index (κ1) is 14.5. The van der Waals surface area contributed by atoms with Crippen molar-refractivity contribution in [2.24, 2.45) is 5.73 Å². The highest BCUT2D eigenvalue weighted by atomic mass is 32.1. The van der Waals surface area contributed by atoms with Gasteiger partial charge in [-0.2, -0.15) is 0 Å². The van der Waals surface area contributed by atoms with E-state index in [4.69, 9.17) is 18.0 Å². The Balaban J connectivity index is 2.20. The molecule has 1 unspecified atom stereocenters. The molecule has 0 bridgehead atoms. The van der Waals surface area contributed by atoms with Crippen LogP contribution in [0.5, 0.6) is 0 Å². The Morgan fingerprint density at radius 1 is 1.16 bits per heavy atom. The van der Waals surface area contributed by atoms with E-state index in [1.807, 2.05) is 0 Å². The van der Waals surface area contributed by atoms with Gasteiger partial charge in [0, 0.05) is 0 Å². The molecule has 1 aromatic carbocycles. The topological polar surface area (TPSA) is 29.3 Å². The van der Waals surface area contributed by atoms with Crippen molar-refractivity contribution in [3.05, 3.63) is 35.4 Å². The summed E-state index contributed by atoms with van der Waals surface area (Å²) < 4.78 is 0. The zero-order valence-electron chi connectivity index (χ0n) is 11.8. The molecule has 1 heterocycles. The average Bonchev–Trinajstić information content (AvgIpc) is 2.68. The Morgan fingerprint density at radius 3 is 2.21 bits per heavy atom. The lowest BCUT2D eigenvalue weighted by molar-refractivity contribution is 0.255. The van der Waals surface area contributed by atoms with Crippen LogP contribution in [0.4, 0.5) is 0 Å². The Hall–Kier alpha value is -0.930. The Labute approximate surface area is 122 Å². The predicted octanol–water partition coefficient (Wildman–Crippen LogP) is 3.45. The first-order valence-electron chi connectivity index (χ1n) is 7.34. The van der Waals surface area contributed by atoms with Crippen LogP contribution in [-0.4, -0.2) is 23.0 Å². The van der Waals surface area contributed by atoms with Crippen LogP contribution >= 0.6 is 12.2 Å². The number of hydrogen-bond acceptors (Lipinski definition) is 2. The molecule has 0 amide bonds. The fourth-order valence-electron chi connectivity index (χ4n) is 2.84. The standard InChI is InChI=1S/C16H24N2S/c1-2-13-7-9-14(10-8-13)15(16(17)19)18-11-5-3-4-6-12-18/h7-10,15H,2-6,11-12H2,1H3,(H2,17,19). The Bertz CT molecular complexity index is 405. The van der Waals surface area contributed by atoms with Crippen molar-refractivity contribution in [2.45, 2.75) is 45.1 Å². The molecule has 0 aromatic heterocycles. The maximum atomic E-state index is 6.01. The molecule has 1 atom stereocenters. The quantitative estimate of drug-likeness (QED) is 0.854. The van der Waals surface area contributed by atoms with Crippen LogP contribution in [0.3, 0.4) is 0 Å². The lowest BCUT2D eigenvalue weighted by Gasteiger charge is -2.30. The summed E-state index contributed by atoms with van der Waals surface area (Å²) >= 11 is 5.32. The molecular weight excluding hydrogens is 252 g/mol. The first-order valence-corrected chi connectivity index (χ1v) is 7.75. The monoisotopic (exact) mass is 276 g/mol. The van der Waals surface area contributed by atoms with Gasteiger partial charge in [-0.25, -0.2) is 0 Å². The van der Waals surface area contributed by atoms with Gasteiger partial charge in [0.05, 0.1) is 11.0 Å². The van der Waals surface area contributed by atoms with Gasteiger partial charge in [-0.3, -0.25) is 4.90 Å². The molecule has 19 heavy (non-hydrogen) atoms. The molecule has 0 saturated carbocycles. The molecule has 2 rings (SSSR count). The number of likely N-dealkylation sites (tertiary alicyclic amines) is 1. The normalized spacial score (nSPS) is 18.8. The molecule has 0 spiro atoms. The molecule has 0 radical (unpaired) electrons. The third kappa shape index (κ3) is 3.77. The minimum absolute atomic E-state index is 0.110. The van der Waals surface area contributed by atoms with Gasteiger partial charge in [0.1, 0.15) is 0 Å². The van der Waals surface area contributed by atoms with E-state index in [0.29, 0.717) is 4.99 Å². The van der Waals surface area contributed by atoms with Crippen LogP contribution in [0.15, 0.2) is 24.3 Å². The van der Waals surface area contributed by atoms with Crippen molar-refractivity contribution < 1.29 is 0 Å². The van der Waals surface area contributed by atoms with E-state index in [1.165, 1.54) is 36.8 Å². The van der Waals surface area contributed by atoms with Crippen LogP contribution in [0.25, 0.3) is 0 Å². The predicted molar refractivity (Wildman–Crippen MR) is 85.4 cm³/mol. The Morgan fingerprint density at radius 2 is 1.74 bits per heavy atom. The minimum atomic E-state index is 0.110. The highest BCUT2D eigenvalue weighted by Crippen LogP contribution is 2.25. The number of thiocarbonyl (C=S) groups is 1. The molecule has 104 valence electrons. The molecule has 1 aliphatic heterocycles. The maximum absolute atomic E-state index is 6.01. The van der Waals surface area contributed by atoms with Gasteiger partial charge in [0.15, 0.2) is 0 Å². The molecule has 0 aliphatic carbocycles. The molecule has 1 saturated heterocycles.